The number of rotatable bonds is 3. The van der Waals surface area contributed by atoms with Gasteiger partial charge in [0.2, 0.25) is 0 Å². The number of nitrogens with one attached hydrogen (secondary N) is 1. The first-order chi connectivity index (χ1) is 9.96. The largest absolute Gasteiger partial charge is 0.280 e. The van der Waals surface area contributed by atoms with E-state index in [-0.39, 0.29) is 26.9 Å². The number of nitrogens with zero attached hydrogens (tertiary/aromatic N) is 3. The molecule has 6 nitrogen and oxygen atoms in total. The van der Waals surface area contributed by atoms with E-state index in [1.807, 2.05) is 12.1 Å². The number of nitriles is 2. The van der Waals surface area contributed by atoms with Crippen molar-refractivity contribution >= 4 is 27.3 Å². The lowest BCUT2D eigenvalue weighted by Gasteiger charge is -2.08. The van der Waals surface area contributed by atoms with E-state index in [0.29, 0.717) is 0 Å². The molecule has 0 aliphatic carbocycles. The van der Waals surface area contributed by atoms with Crippen LogP contribution >= 0.6 is 11.6 Å². The summed E-state index contributed by atoms with van der Waals surface area (Å²) >= 11 is 5.66. The van der Waals surface area contributed by atoms with Crippen LogP contribution in [0.3, 0.4) is 0 Å². The van der Waals surface area contributed by atoms with Gasteiger partial charge in [-0.25, -0.2) is 13.4 Å². The van der Waals surface area contributed by atoms with Gasteiger partial charge in [0.15, 0.2) is 0 Å². The normalized spacial score (nSPS) is 10.4. The highest BCUT2D eigenvalue weighted by Crippen LogP contribution is 2.20. The minimum atomic E-state index is -3.85. The maximum Gasteiger partial charge on any atom is 0.262 e. The number of hydrogen-bond acceptors (Lipinski definition) is 5. The molecule has 0 saturated heterocycles. The van der Waals surface area contributed by atoms with E-state index in [2.05, 4.69) is 9.71 Å². The van der Waals surface area contributed by atoms with E-state index in [0.717, 1.165) is 0 Å². The molecule has 0 radical (unpaired) electrons. The summed E-state index contributed by atoms with van der Waals surface area (Å²) in [5.74, 6) is 0. The summed E-state index contributed by atoms with van der Waals surface area (Å²) in [5, 5.41) is 17.8. The van der Waals surface area contributed by atoms with Crippen LogP contribution in [0.25, 0.3) is 0 Å². The van der Waals surface area contributed by atoms with Crippen LogP contribution in [0.1, 0.15) is 11.1 Å². The molecule has 21 heavy (non-hydrogen) atoms. The highest BCUT2D eigenvalue weighted by molar-refractivity contribution is 7.92. The molecule has 0 atom stereocenters. The van der Waals surface area contributed by atoms with Gasteiger partial charge < -0.3 is 0 Å². The van der Waals surface area contributed by atoms with Gasteiger partial charge in [0.1, 0.15) is 17.3 Å². The molecular weight excluding hydrogens is 312 g/mol. The first-order valence-electron chi connectivity index (χ1n) is 5.55. The Balaban J connectivity index is 2.38. The van der Waals surface area contributed by atoms with Crippen molar-refractivity contribution in [3.05, 3.63) is 52.8 Å². The molecule has 0 aliphatic rings. The van der Waals surface area contributed by atoms with Crippen molar-refractivity contribution in [3.63, 3.8) is 0 Å². The van der Waals surface area contributed by atoms with Crippen LogP contribution < -0.4 is 4.72 Å². The van der Waals surface area contributed by atoms with Crippen LogP contribution in [0.2, 0.25) is 5.15 Å². The Labute approximate surface area is 126 Å². The summed E-state index contributed by atoms with van der Waals surface area (Å²) in [6.07, 6.45) is 1.27. The van der Waals surface area contributed by atoms with Gasteiger partial charge in [-0.15, -0.1) is 0 Å². The molecule has 2 aromatic rings. The Morgan fingerprint density at radius 3 is 2.43 bits per heavy atom. The van der Waals surface area contributed by atoms with E-state index in [1.54, 1.807) is 0 Å². The Bertz CT molecular complexity index is 882. The van der Waals surface area contributed by atoms with E-state index in [9.17, 15) is 8.42 Å². The van der Waals surface area contributed by atoms with E-state index in [1.165, 1.54) is 36.5 Å². The van der Waals surface area contributed by atoms with E-state index < -0.39 is 10.0 Å². The maximum absolute atomic E-state index is 12.2. The first-order valence-corrected chi connectivity index (χ1v) is 7.41. The lowest BCUT2D eigenvalue weighted by atomic mass is 10.1. The molecule has 1 aromatic carbocycles. The monoisotopic (exact) mass is 318 g/mol. The summed E-state index contributed by atoms with van der Waals surface area (Å²) in [6.45, 7) is 0. The van der Waals surface area contributed by atoms with Crippen molar-refractivity contribution in [2.75, 3.05) is 4.72 Å². The number of sulfonamides is 1. The number of halogens is 1. The fourth-order valence-corrected chi connectivity index (χ4v) is 2.86. The van der Waals surface area contributed by atoms with Gasteiger partial charge in [0.05, 0.1) is 21.7 Å². The van der Waals surface area contributed by atoms with Gasteiger partial charge in [-0.1, -0.05) is 11.6 Å². The average molecular weight is 319 g/mol. The van der Waals surface area contributed by atoms with Gasteiger partial charge >= 0.3 is 0 Å². The van der Waals surface area contributed by atoms with Crippen LogP contribution in [-0.2, 0) is 10.0 Å². The minimum Gasteiger partial charge on any atom is -0.280 e. The Hall–Kier alpha value is -2.61. The molecule has 0 bridgehead atoms. The Morgan fingerprint density at radius 2 is 1.81 bits per heavy atom. The summed E-state index contributed by atoms with van der Waals surface area (Å²) < 4.78 is 26.6. The zero-order chi connectivity index (χ0) is 15.5. The number of hydrogen-bond donors (Lipinski definition) is 1. The number of anilines is 1. The van der Waals surface area contributed by atoms with E-state index in [4.69, 9.17) is 22.1 Å². The standard InChI is InChI=1S/C13H7ClN4O2S/c14-13-6-12(3-4-17-13)21(19,20)18-11-2-1-9(7-15)10(5-11)8-16/h1-6,18H. The Morgan fingerprint density at radius 1 is 1.10 bits per heavy atom. The van der Waals surface area contributed by atoms with Crippen molar-refractivity contribution in [2.45, 2.75) is 4.90 Å². The fraction of sp³-hybridized carbons (Fsp3) is 0. The molecule has 8 heteroatoms. The smallest absolute Gasteiger partial charge is 0.262 e. The highest BCUT2D eigenvalue weighted by atomic mass is 35.5. The second-order valence-corrected chi connectivity index (χ2v) is 5.97. The minimum absolute atomic E-state index is 0.0506. The summed E-state index contributed by atoms with van der Waals surface area (Å²) in [4.78, 5) is 3.65. The molecule has 1 aromatic heterocycles. The number of aromatic nitrogens is 1. The summed E-state index contributed by atoms with van der Waals surface area (Å²) in [7, 11) is -3.85. The summed E-state index contributed by atoms with van der Waals surface area (Å²) in [5.41, 5.74) is 0.441. The van der Waals surface area contributed by atoms with Gasteiger partial charge in [-0.3, -0.25) is 4.72 Å². The second kappa shape index (κ2) is 5.80. The molecule has 0 aliphatic heterocycles. The van der Waals surface area contributed by atoms with Crippen LogP contribution in [0.15, 0.2) is 41.4 Å². The summed E-state index contributed by atoms with van der Waals surface area (Å²) in [6, 6.07) is 10.2. The topological polar surface area (TPSA) is 107 Å². The molecular formula is C13H7ClN4O2S. The van der Waals surface area contributed by atoms with Gasteiger partial charge in [0, 0.05) is 6.20 Å². The second-order valence-electron chi connectivity index (χ2n) is 3.90. The third-order valence-electron chi connectivity index (χ3n) is 2.52. The Kier molecular flexibility index (Phi) is 4.08. The third kappa shape index (κ3) is 3.29. The van der Waals surface area contributed by atoms with Gasteiger partial charge in [0.25, 0.3) is 10.0 Å². The molecule has 0 amide bonds. The average Bonchev–Trinajstić information content (AvgIpc) is 2.46. The van der Waals surface area contributed by atoms with Gasteiger partial charge in [-0.05, 0) is 30.3 Å². The lowest BCUT2D eigenvalue weighted by molar-refractivity contribution is 0.601. The SMILES string of the molecule is N#Cc1ccc(NS(=O)(=O)c2ccnc(Cl)c2)cc1C#N. The van der Waals surface area contributed by atoms with Crippen molar-refractivity contribution in [2.24, 2.45) is 0 Å². The molecule has 0 spiro atoms. The molecule has 0 fully saturated rings. The number of benzene rings is 1. The van der Waals surface area contributed by atoms with Crippen molar-refractivity contribution in [1.82, 2.24) is 4.98 Å². The third-order valence-corrected chi connectivity index (χ3v) is 4.11. The molecule has 104 valence electrons. The van der Waals surface area contributed by atoms with Crippen LogP contribution in [0, 0.1) is 22.7 Å². The van der Waals surface area contributed by atoms with Crippen LogP contribution in [0.5, 0.6) is 0 Å². The molecule has 0 saturated carbocycles. The molecule has 1 heterocycles. The van der Waals surface area contributed by atoms with Crippen LogP contribution in [-0.4, -0.2) is 13.4 Å². The van der Waals surface area contributed by atoms with Crippen molar-refractivity contribution < 1.29 is 8.42 Å². The first kappa shape index (κ1) is 14.8. The maximum atomic E-state index is 12.2. The van der Waals surface area contributed by atoms with Crippen molar-refractivity contribution in [3.8, 4) is 12.1 Å². The van der Waals surface area contributed by atoms with Crippen molar-refractivity contribution in [1.29, 1.82) is 10.5 Å². The quantitative estimate of drug-likeness (QED) is 0.874. The predicted octanol–water partition coefficient (Wildman–Crippen LogP) is 2.28. The molecule has 2 rings (SSSR count). The van der Waals surface area contributed by atoms with Crippen LogP contribution in [0.4, 0.5) is 5.69 Å². The predicted molar refractivity (Wildman–Crippen MR) is 75.9 cm³/mol. The zero-order valence-electron chi connectivity index (χ0n) is 10.4. The molecule has 0 unspecified atom stereocenters. The van der Waals surface area contributed by atoms with Gasteiger partial charge in [-0.2, -0.15) is 10.5 Å². The molecule has 1 N–H and O–H groups in total. The number of pyridine rings is 1. The fourth-order valence-electron chi connectivity index (χ4n) is 1.56. The zero-order valence-corrected chi connectivity index (χ0v) is 12.0. The highest BCUT2D eigenvalue weighted by Gasteiger charge is 2.15. The lowest BCUT2D eigenvalue weighted by Crippen LogP contribution is -2.13. The van der Waals surface area contributed by atoms with E-state index >= 15 is 0 Å².